The molecule has 108 valence electrons. The zero-order valence-corrected chi connectivity index (χ0v) is 13.0. The molecule has 1 rings (SSSR count). The monoisotopic (exact) mass is 325 g/mol. The molecular weight excluding hydrogens is 309 g/mol. The van der Waals surface area contributed by atoms with E-state index in [2.05, 4.69) is 12.2 Å². The highest BCUT2D eigenvalue weighted by Gasteiger charge is 2.10. The maximum absolute atomic E-state index is 9.75. The summed E-state index contributed by atoms with van der Waals surface area (Å²) < 4.78 is 5.33. The van der Waals surface area contributed by atoms with E-state index in [4.69, 9.17) is 39.5 Å². The topological polar surface area (TPSA) is 41.5 Å². The number of hydrogen-bond acceptors (Lipinski definition) is 3. The van der Waals surface area contributed by atoms with Crippen molar-refractivity contribution in [2.24, 2.45) is 0 Å². The predicted molar refractivity (Wildman–Crippen MR) is 81.7 cm³/mol. The first-order chi connectivity index (χ1) is 9.04. The Balaban J connectivity index is 2.40. The molecule has 0 saturated heterocycles. The van der Waals surface area contributed by atoms with Crippen molar-refractivity contribution in [3.63, 3.8) is 0 Å². The van der Waals surface area contributed by atoms with Gasteiger partial charge in [0.25, 0.3) is 0 Å². The molecule has 1 aromatic rings. The van der Waals surface area contributed by atoms with Crippen molar-refractivity contribution >= 4 is 40.5 Å². The second-order valence-electron chi connectivity index (χ2n) is 4.21. The molecular formula is C13H18Cl3NO2. The standard InChI is InChI=1S/C13H18Cl3NO2/c1-2-3-4-19-8-10(18)7-17-13-11(15)5-9(14)6-12(13)16/h5-6,10,17-18H,2-4,7-8H2,1H3. The highest BCUT2D eigenvalue weighted by atomic mass is 35.5. The van der Waals surface area contributed by atoms with Crippen LogP contribution in [0.1, 0.15) is 19.8 Å². The van der Waals surface area contributed by atoms with Crippen LogP contribution in [0.5, 0.6) is 0 Å². The normalized spacial score (nSPS) is 12.5. The largest absolute Gasteiger partial charge is 0.389 e. The van der Waals surface area contributed by atoms with Crippen molar-refractivity contribution in [2.75, 3.05) is 25.1 Å². The molecule has 0 aliphatic heterocycles. The lowest BCUT2D eigenvalue weighted by Crippen LogP contribution is -2.25. The van der Waals surface area contributed by atoms with E-state index in [1.807, 2.05) is 0 Å². The molecule has 6 heteroatoms. The number of aliphatic hydroxyl groups excluding tert-OH is 1. The molecule has 0 radical (unpaired) electrons. The van der Waals surface area contributed by atoms with Gasteiger partial charge >= 0.3 is 0 Å². The Labute approximate surface area is 128 Å². The predicted octanol–water partition coefficient (Wildman–Crippen LogP) is 4.24. The average molecular weight is 327 g/mol. The first kappa shape index (κ1) is 16.9. The van der Waals surface area contributed by atoms with Crippen LogP contribution in [0, 0.1) is 0 Å². The number of aliphatic hydroxyl groups is 1. The van der Waals surface area contributed by atoms with Crippen LogP contribution in [0.3, 0.4) is 0 Å². The quantitative estimate of drug-likeness (QED) is 0.702. The summed E-state index contributed by atoms with van der Waals surface area (Å²) in [5.41, 5.74) is 0.570. The van der Waals surface area contributed by atoms with E-state index in [9.17, 15) is 5.11 Å². The van der Waals surface area contributed by atoms with Crippen LogP contribution in [0.2, 0.25) is 15.1 Å². The maximum atomic E-state index is 9.75. The van der Waals surface area contributed by atoms with Gasteiger partial charge in [0.1, 0.15) is 0 Å². The lowest BCUT2D eigenvalue weighted by atomic mass is 10.3. The third kappa shape index (κ3) is 6.19. The number of nitrogens with one attached hydrogen (secondary N) is 1. The third-order valence-corrected chi connectivity index (χ3v) is 3.29. The van der Waals surface area contributed by atoms with Gasteiger partial charge < -0.3 is 15.2 Å². The fourth-order valence-corrected chi connectivity index (χ4v) is 2.41. The molecule has 2 N–H and O–H groups in total. The Morgan fingerprint density at radius 3 is 2.47 bits per heavy atom. The number of hydrogen-bond donors (Lipinski definition) is 2. The number of unbranched alkanes of at least 4 members (excludes halogenated alkanes) is 1. The van der Waals surface area contributed by atoms with E-state index in [1.165, 1.54) is 0 Å². The molecule has 0 fully saturated rings. The van der Waals surface area contributed by atoms with Crippen molar-refractivity contribution < 1.29 is 9.84 Å². The minimum Gasteiger partial charge on any atom is -0.389 e. The van der Waals surface area contributed by atoms with Crippen molar-refractivity contribution in [2.45, 2.75) is 25.9 Å². The number of rotatable bonds is 8. The van der Waals surface area contributed by atoms with Gasteiger partial charge in [0, 0.05) is 18.2 Å². The Hall–Kier alpha value is -0.190. The molecule has 0 spiro atoms. The third-order valence-electron chi connectivity index (χ3n) is 2.47. The summed E-state index contributed by atoms with van der Waals surface area (Å²) in [6.07, 6.45) is 1.46. The number of anilines is 1. The van der Waals surface area contributed by atoms with Gasteiger partial charge in [-0.1, -0.05) is 48.1 Å². The van der Waals surface area contributed by atoms with E-state index in [0.29, 0.717) is 33.9 Å². The van der Waals surface area contributed by atoms with Crippen LogP contribution in [-0.2, 0) is 4.74 Å². The molecule has 0 heterocycles. The van der Waals surface area contributed by atoms with E-state index >= 15 is 0 Å². The second-order valence-corrected chi connectivity index (χ2v) is 5.46. The maximum Gasteiger partial charge on any atom is 0.0945 e. The van der Waals surface area contributed by atoms with Crippen LogP contribution in [0.25, 0.3) is 0 Å². The van der Waals surface area contributed by atoms with Gasteiger partial charge in [-0.2, -0.15) is 0 Å². The molecule has 0 bridgehead atoms. The molecule has 1 unspecified atom stereocenters. The smallest absolute Gasteiger partial charge is 0.0945 e. The van der Waals surface area contributed by atoms with Crippen LogP contribution in [0.15, 0.2) is 12.1 Å². The SMILES string of the molecule is CCCCOCC(O)CNc1c(Cl)cc(Cl)cc1Cl. The number of ether oxygens (including phenoxy) is 1. The van der Waals surface area contributed by atoms with Crippen molar-refractivity contribution in [3.8, 4) is 0 Å². The van der Waals surface area contributed by atoms with Gasteiger partial charge in [-0.3, -0.25) is 0 Å². The molecule has 0 aliphatic carbocycles. The molecule has 3 nitrogen and oxygen atoms in total. The second kappa shape index (κ2) is 8.88. The molecule has 0 amide bonds. The van der Waals surface area contributed by atoms with Crippen molar-refractivity contribution in [1.82, 2.24) is 0 Å². The summed E-state index contributed by atoms with van der Waals surface area (Å²) in [6.45, 7) is 3.35. The lowest BCUT2D eigenvalue weighted by Gasteiger charge is -2.15. The minimum absolute atomic E-state index is 0.288. The fourth-order valence-electron chi connectivity index (χ4n) is 1.46. The van der Waals surface area contributed by atoms with E-state index in [1.54, 1.807) is 12.1 Å². The highest BCUT2D eigenvalue weighted by Crippen LogP contribution is 2.33. The van der Waals surface area contributed by atoms with Gasteiger partial charge in [0.05, 0.1) is 28.4 Å². The number of halogens is 3. The number of benzene rings is 1. The Morgan fingerprint density at radius 1 is 1.26 bits per heavy atom. The van der Waals surface area contributed by atoms with Crippen molar-refractivity contribution in [3.05, 3.63) is 27.2 Å². The average Bonchev–Trinajstić information content (AvgIpc) is 2.33. The van der Waals surface area contributed by atoms with Crippen LogP contribution in [0.4, 0.5) is 5.69 Å². The molecule has 0 saturated carbocycles. The van der Waals surface area contributed by atoms with Gasteiger partial charge in [-0.05, 0) is 18.6 Å². The zero-order chi connectivity index (χ0) is 14.3. The Kier molecular flexibility index (Phi) is 7.88. The summed E-state index contributed by atoms with van der Waals surface area (Å²) >= 11 is 17.9. The van der Waals surface area contributed by atoms with E-state index < -0.39 is 6.10 Å². The van der Waals surface area contributed by atoms with Crippen LogP contribution >= 0.6 is 34.8 Å². The molecule has 1 aromatic carbocycles. The Bertz CT molecular complexity index is 378. The van der Waals surface area contributed by atoms with Crippen LogP contribution in [-0.4, -0.2) is 31.0 Å². The summed E-state index contributed by atoms with van der Waals surface area (Å²) in [7, 11) is 0. The summed E-state index contributed by atoms with van der Waals surface area (Å²) in [4.78, 5) is 0. The summed E-state index contributed by atoms with van der Waals surface area (Å²) in [5, 5.41) is 14.1. The van der Waals surface area contributed by atoms with Crippen LogP contribution < -0.4 is 5.32 Å². The molecule has 19 heavy (non-hydrogen) atoms. The Morgan fingerprint density at radius 2 is 1.89 bits per heavy atom. The fraction of sp³-hybridized carbons (Fsp3) is 0.538. The van der Waals surface area contributed by atoms with Gasteiger partial charge in [-0.15, -0.1) is 0 Å². The first-order valence-electron chi connectivity index (χ1n) is 6.18. The minimum atomic E-state index is -0.611. The van der Waals surface area contributed by atoms with Gasteiger partial charge in [0.2, 0.25) is 0 Å². The zero-order valence-electron chi connectivity index (χ0n) is 10.8. The van der Waals surface area contributed by atoms with E-state index in [0.717, 1.165) is 12.8 Å². The van der Waals surface area contributed by atoms with E-state index in [-0.39, 0.29) is 6.61 Å². The highest BCUT2D eigenvalue weighted by molar-refractivity contribution is 6.41. The first-order valence-corrected chi connectivity index (χ1v) is 7.32. The van der Waals surface area contributed by atoms with Gasteiger partial charge in [-0.25, -0.2) is 0 Å². The lowest BCUT2D eigenvalue weighted by molar-refractivity contribution is 0.0422. The van der Waals surface area contributed by atoms with Gasteiger partial charge in [0.15, 0.2) is 0 Å². The van der Waals surface area contributed by atoms with Crippen molar-refractivity contribution in [1.29, 1.82) is 0 Å². The summed E-state index contributed by atoms with van der Waals surface area (Å²) in [5.74, 6) is 0. The summed E-state index contributed by atoms with van der Waals surface area (Å²) in [6, 6.07) is 3.20. The molecule has 0 aromatic heterocycles. The molecule has 0 aliphatic rings. The molecule has 1 atom stereocenters.